The van der Waals surface area contributed by atoms with Crippen molar-refractivity contribution in [2.75, 3.05) is 11.1 Å². The lowest BCUT2D eigenvalue weighted by molar-refractivity contribution is -0.384. The van der Waals surface area contributed by atoms with Gasteiger partial charge in [0.05, 0.1) is 4.92 Å². The fourth-order valence-corrected chi connectivity index (χ4v) is 3.26. The molecule has 0 aromatic heterocycles. The SMILES string of the molecule is CC1SCCC1Nc1ccc(Cl)c([N+](=O)[O-])c1. The van der Waals surface area contributed by atoms with E-state index in [4.69, 9.17) is 11.6 Å². The van der Waals surface area contributed by atoms with E-state index < -0.39 is 4.92 Å². The molecule has 0 aliphatic carbocycles. The molecule has 4 nitrogen and oxygen atoms in total. The second kappa shape index (κ2) is 5.14. The van der Waals surface area contributed by atoms with Crippen LogP contribution >= 0.6 is 23.4 Å². The maximum atomic E-state index is 10.8. The van der Waals surface area contributed by atoms with Crippen LogP contribution in [0.3, 0.4) is 0 Å². The van der Waals surface area contributed by atoms with Crippen LogP contribution in [0, 0.1) is 10.1 Å². The molecule has 0 bridgehead atoms. The van der Waals surface area contributed by atoms with Crippen LogP contribution < -0.4 is 5.32 Å². The topological polar surface area (TPSA) is 55.2 Å². The number of benzene rings is 1. The Morgan fingerprint density at radius 1 is 1.59 bits per heavy atom. The van der Waals surface area contributed by atoms with Gasteiger partial charge in [0.1, 0.15) is 5.02 Å². The predicted molar refractivity (Wildman–Crippen MR) is 72.1 cm³/mol. The molecular weight excluding hydrogens is 260 g/mol. The lowest BCUT2D eigenvalue weighted by Crippen LogP contribution is -2.24. The summed E-state index contributed by atoms with van der Waals surface area (Å²) in [5, 5.41) is 14.8. The molecule has 0 amide bonds. The molecule has 1 saturated heterocycles. The second-order valence-electron chi connectivity index (χ2n) is 4.04. The predicted octanol–water partition coefficient (Wildman–Crippen LogP) is 3.55. The van der Waals surface area contributed by atoms with Crippen molar-refractivity contribution in [2.24, 2.45) is 0 Å². The van der Waals surface area contributed by atoms with E-state index in [1.165, 1.54) is 6.07 Å². The smallest absolute Gasteiger partial charge is 0.289 e. The van der Waals surface area contributed by atoms with E-state index >= 15 is 0 Å². The minimum absolute atomic E-state index is 0.0463. The summed E-state index contributed by atoms with van der Waals surface area (Å²) in [6, 6.07) is 5.22. The first-order valence-corrected chi connectivity index (χ1v) is 6.82. The fraction of sp³-hybridized carbons (Fsp3) is 0.455. The standard InChI is InChI=1S/C11H13ClN2O2S/c1-7-10(4-5-17-7)13-8-2-3-9(12)11(6-8)14(15)16/h2-3,6-7,10,13H,4-5H2,1H3. The van der Waals surface area contributed by atoms with Gasteiger partial charge in [0.2, 0.25) is 0 Å². The van der Waals surface area contributed by atoms with Gasteiger partial charge in [0, 0.05) is 23.0 Å². The van der Waals surface area contributed by atoms with E-state index in [0.29, 0.717) is 11.3 Å². The molecule has 2 rings (SSSR count). The summed E-state index contributed by atoms with van der Waals surface area (Å²) in [5.41, 5.74) is 0.718. The lowest BCUT2D eigenvalue weighted by atomic mass is 10.1. The minimum Gasteiger partial charge on any atom is -0.381 e. The van der Waals surface area contributed by atoms with Crippen molar-refractivity contribution in [1.82, 2.24) is 0 Å². The van der Waals surface area contributed by atoms with Crippen LogP contribution in [-0.4, -0.2) is 22.0 Å². The molecule has 1 fully saturated rings. The Labute approximate surface area is 109 Å². The van der Waals surface area contributed by atoms with Gasteiger partial charge in [-0.15, -0.1) is 0 Å². The average Bonchev–Trinajstić information content (AvgIpc) is 2.67. The van der Waals surface area contributed by atoms with Gasteiger partial charge in [-0.1, -0.05) is 18.5 Å². The monoisotopic (exact) mass is 272 g/mol. The Kier molecular flexibility index (Phi) is 3.79. The third kappa shape index (κ3) is 2.84. The molecule has 2 atom stereocenters. The zero-order valence-corrected chi connectivity index (χ0v) is 10.9. The Hall–Kier alpha value is -0.940. The fourth-order valence-electron chi connectivity index (χ4n) is 1.88. The Morgan fingerprint density at radius 3 is 2.94 bits per heavy atom. The number of anilines is 1. The van der Waals surface area contributed by atoms with Crippen molar-refractivity contribution < 1.29 is 4.92 Å². The average molecular weight is 273 g/mol. The summed E-state index contributed by atoms with van der Waals surface area (Å²) in [6.45, 7) is 2.17. The number of halogens is 1. The summed E-state index contributed by atoms with van der Waals surface area (Å²) in [6.07, 6.45) is 1.09. The molecule has 1 aromatic carbocycles. The third-order valence-electron chi connectivity index (χ3n) is 2.87. The van der Waals surface area contributed by atoms with E-state index in [1.54, 1.807) is 12.1 Å². The summed E-state index contributed by atoms with van der Waals surface area (Å²) < 4.78 is 0. The first kappa shape index (κ1) is 12.5. The van der Waals surface area contributed by atoms with E-state index in [1.807, 2.05) is 11.8 Å². The zero-order valence-electron chi connectivity index (χ0n) is 9.35. The molecule has 92 valence electrons. The molecule has 1 N–H and O–H groups in total. The van der Waals surface area contributed by atoms with Crippen LogP contribution in [0.5, 0.6) is 0 Å². The maximum absolute atomic E-state index is 10.8. The summed E-state index contributed by atoms with van der Waals surface area (Å²) >= 11 is 7.68. The van der Waals surface area contributed by atoms with Crippen molar-refractivity contribution in [3.05, 3.63) is 33.3 Å². The maximum Gasteiger partial charge on any atom is 0.289 e. The second-order valence-corrected chi connectivity index (χ2v) is 5.93. The largest absolute Gasteiger partial charge is 0.381 e. The number of nitro benzene ring substituents is 1. The molecule has 1 aliphatic rings. The Balaban J connectivity index is 2.16. The molecule has 1 heterocycles. The third-order valence-corrected chi connectivity index (χ3v) is 4.52. The van der Waals surface area contributed by atoms with Gasteiger partial charge in [-0.3, -0.25) is 10.1 Å². The van der Waals surface area contributed by atoms with E-state index in [-0.39, 0.29) is 10.7 Å². The van der Waals surface area contributed by atoms with Gasteiger partial charge in [0.15, 0.2) is 0 Å². The van der Waals surface area contributed by atoms with Gasteiger partial charge in [-0.2, -0.15) is 11.8 Å². The minimum atomic E-state index is -0.458. The number of hydrogen-bond acceptors (Lipinski definition) is 4. The van der Waals surface area contributed by atoms with Gasteiger partial charge < -0.3 is 5.32 Å². The summed E-state index contributed by atoms with van der Waals surface area (Å²) in [5.74, 6) is 1.13. The molecule has 0 spiro atoms. The lowest BCUT2D eigenvalue weighted by Gasteiger charge is -2.17. The number of hydrogen-bond donors (Lipinski definition) is 1. The van der Waals surface area contributed by atoms with Crippen molar-refractivity contribution in [1.29, 1.82) is 0 Å². The highest BCUT2D eigenvalue weighted by Crippen LogP contribution is 2.31. The van der Waals surface area contributed by atoms with Gasteiger partial charge in [-0.25, -0.2) is 0 Å². The molecule has 0 saturated carbocycles. The molecule has 6 heteroatoms. The van der Waals surface area contributed by atoms with E-state index in [0.717, 1.165) is 17.9 Å². The van der Waals surface area contributed by atoms with Crippen LogP contribution in [0.4, 0.5) is 11.4 Å². The first-order valence-electron chi connectivity index (χ1n) is 5.40. The van der Waals surface area contributed by atoms with Crippen molar-refractivity contribution >= 4 is 34.7 Å². The number of nitrogens with one attached hydrogen (secondary N) is 1. The highest BCUT2D eigenvalue weighted by Gasteiger charge is 2.24. The normalized spacial score (nSPS) is 23.6. The Bertz CT molecular complexity index is 441. The number of nitro groups is 1. The van der Waals surface area contributed by atoms with Crippen LogP contribution in [-0.2, 0) is 0 Å². The number of nitrogens with zero attached hydrogens (tertiary/aromatic N) is 1. The molecule has 2 unspecified atom stereocenters. The van der Waals surface area contributed by atoms with Crippen molar-refractivity contribution in [3.8, 4) is 0 Å². The van der Waals surface area contributed by atoms with Gasteiger partial charge in [-0.05, 0) is 24.3 Å². The van der Waals surface area contributed by atoms with Gasteiger partial charge in [0.25, 0.3) is 5.69 Å². The van der Waals surface area contributed by atoms with E-state index in [2.05, 4.69) is 12.2 Å². The number of rotatable bonds is 3. The van der Waals surface area contributed by atoms with Crippen molar-refractivity contribution in [3.63, 3.8) is 0 Å². The molecule has 1 aromatic rings. The first-order chi connectivity index (χ1) is 8.08. The van der Waals surface area contributed by atoms with Crippen LogP contribution in [0.15, 0.2) is 18.2 Å². The quantitative estimate of drug-likeness (QED) is 0.675. The van der Waals surface area contributed by atoms with Crippen LogP contribution in [0.1, 0.15) is 13.3 Å². The molecule has 1 aliphatic heterocycles. The molecular formula is C11H13ClN2O2S. The van der Waals surface area contributed by atoms with Crippen LogP contribution in [0.25, 0.3) is 0 Å². The summed E-state index contributed by atoms with van der Waals surface area (Å²) in [4.78, 5) is 10.3. The molecule has 17 heavy (non-hydrogen) atoms. The van der Waals surface area contributed by atoms with Gasteiger partial charge >= 0.3 is 0 Å². The highest BCUT2D eigenvalue weighted by atomic mass is 35.5. The van der Waals surface area contributed by atoms with E-state index in [9.17, 15) is 10.1 Å². The summed E-state index contributed by atoms with van der Waals surface area (Å²) in [7, 11) is 0. The van der Waals surface area contributed by atoms with Crippen molar-refractivity contribution in [2.45, 2.75) is 24.6 Å². The number of thioether (sulfide) groups is 1. The zero-order chi connectivity index (χ0) is 12.4. The Morgan fingerprint density at radius 2 is 2.35 bits per heavy atom. The molecule has 0 radical (unpaired) electrons. The highest BCUT2D eigenvalue weighted by molar-refractivity contribution is 8.00. The van der Waals surface area contributed by atoms with Crippen LogP contribution in [0.2, 0.25) is 5.02 Å².